The molecule has 0 aliphatic carbocycles. The van der Waals surface area contributed by atoms with E-state index in [1.165, 1.54) is 29.4 Å². The lowest BCUT2D eigenvalue weighted by Crippen LogP contribution is -2.56. The van der Waals surface area contributed by atoms with Gasteiger partial charge in [0.05, 0.1) is 10.6 Å². The van der Waals surface area contributed by atoms with Crippen LogP contribution in [0.2, 0.25) is 5.02 Å². The van der Waals surface area contributed by atoms with Crippen LogP contribution in [0.4, 0.5) is 29.1 Å². The van der Waals surface area contributed by atoms with Crippen molar-refractivity contribution in [2.24, 2.45) is 0 Å². The molecule has 3 N–H and O–H groups in total. The van der Waals surface area contributed by atoms with Gasteiger partial charge in [-0.1, -0.05) is 54.9 Å². The van der Waals surface area contributed by atoms with Crippen molar-refractivity contribution >= 4 is 56.7 Å². The number of hydrogen-bond acceptors (Lipinski definition) is 12. The average Bonchev–Trinajstić information content (AvgIpc) is 3.32. The molecule has 8 rings (SSSR count). The van der Waals surface area contributed by atoms with E-state index in [0.717, 1.165) is 62.0 Å². The molecule has 0 saturated carbocycles. The minimum Gasteiger partial charge on any atom is -0.382 e. The molecule has 1 aromatic heterocycles. The van der Waals surface area contributed by atoms with E-state index in [2.05, 4.69) is 60.0 Å². The fraction of sp³-hybridized carbons (Fsp3) is 0.429. The van der Waals surface area contributed by atoms with Crippen LogP contribution in [0.5, 0.6) is 0 Å². The molecule has 0 spiro atoms. The zero-order valence-corrected chi connectivity index (χ0v) is 41.7. The number of halogens is 5. The second kappa shape index (κ2) is 23.3. The maximum Gasteiger partial charge on any atom is 0.446 e. The number of rotatable bonds is 15. The standard InChI is InChI=1S/C42H51ClF4N8O3S2.C7H8S/c1-3-52-20-22-53(23-21-52)16-12-29(2)50-37-11-9-34(25-39(37)59-42(45,46)47)60(57,58)51-40-36-13-17-55(27-38(36)48-28-49-40)41(56)14-18-54(19-15-41)26-31-24-33(44)8-10-35(31)30-4-6-32(43)7-5-30;1-8-7-5-3-2-4-6-7/h4-11,24-25,28-29,50,56H,3,12-23,26-27H2,1-2H3,(H,48,49,51);2-6H,1H3/t29-;/m0./s1. The summed E-state index contributed by atoms with van der Waals surface area (Å²) in [5, 5.41) is 15.7. The minimum atomic E-state index is -4.64. The Morgan fingerprint density at radius 3 is 2.25 bits per heavy atom. The molecule has 11 nitrogen and oxygen atoms in total. The predicted octanol–water partition coefficient (Wildman–Crippen LogP) is 9.93. The van der Waals surface area contributed by atoms with Crippen molar-refractivity contribution in [1.29, 1.82) is 0 Å². The zero-order valence-electron chi connectivity index (χ0n) is 38.5. The third-order valence-corrected chi connectivity index (χ3v) is 15.9. The van der Waals surface area contributed by atoms with E-state index in [1.807, 2.05) is 42.2 Å². The van der Waals surface area contributed by atoms with Crippen LogP contribution in [0.15, 0.2) is 112 Å². The van der Waals surface area contributed by atoms with E-state index >= 15 is 0 Å². The van der Waals surface area contributed by atoms with Gasteiger partial charge in [-0.3, -0.25) is 14.5 Å². The minimum absolute atomic E-state index is 0.0497. The second-order valence-corrected chi connectivity index (χ2v) is 21.4. The monoisotopic (exact) mass is 1010 g/mol. The number of likely N-dealkylation sites (tertiary alicyclic amines) is 1. The lowest BCUT2D eigenvalue weighted by atomic mass is 9.93. The molecule has 0 radical (unpaired) electrons. The molecule has 3 aliphatic heterocycles. The first-order chi connectivity index (χ1) is 32.5. The molecular formula is C49H59ClF4N8O3S3. The molecule has 2 fully saturated rings. The summed E-state index contributed by atoms with van der Waals surface area (Å²) < 4.78 is 85.7. The molecule has 366 valence electrons. The number of aromatic nitrogens is 2. The number of alkyl halides is 3. The Bertz CT molecular complexity index is 2550. The van der Waals surface area contributed by atoms with Crippen molar-refractivity contribution in [3.63, 3.8) is 0 Å². The summed E-state index contributed by atoms with van der Waals surface area (Å²) in [5.74, 6) is -0.274. The van der Waals surface area contributed by atoms with Crippen molar-refractivity contribution in [3.8, 4) is 11.1 Å². The van der Waals surface area contributed by atoms with Gasteiger partial charge in [0.15, 0.2) is 0 Å². The predicted molar refractivity (Wildman–Crippen MR) is 266 cm³/mol. The van der Waals surface area contributed by atoms with Crippen LogP contribution in [-0.2, 0) is 29.5 Å². The first-order valence-corrected chi connectivity index (χ1v) is 26.7. The summed E-state index contributed by atoms with van der Waals surface area (Å²) >= 11 is 7.51. The number of likely N-dealkylation sites (N-methyl/N-ethyl adjacent to an activating group) is 1. The van der Waals surface area contributed by atoms with Crippen LogP contribution in [-0.4, -0.2) is 126 Å². The summed E-state index contributed by atoms with van der Waals surface area (Å²) in [6.45, 7) is 12.0. The Balaban J connectivity index is 0.000000775. The van der Waals surface area contributed by atoms with Crippen molar-refractivity contribution < 1.29 is 31.1 Å². The number of nitrogens with zero attached hydrogens (tertiary/aromatic N) is 6. The maximum atomic E-state index is 14.4. The normalized spacial score (nSPS) is 17.7. The van der Waals surface area contributed by atoms with Gasteiger partial charge in [0, 0.05) is 110 Å². The molecule has 3 aliphatic rings. The zero-order chi connectivity index (χ0) is 48.5. The van der Waals surface area contributed by atoms with E-state index < -0.39 is 21.3 Å². The van der Waals surface area contributed by atoms with Gasteiger partial charge in [-0.25, -0.2) is 22.8 Å². The molecule has 4 aromatic carbocycles. The average molecular weight is 1020 g/mol. The number of fused-ring (bicyclic) bond motifs is 1. The van der Waals surface area contributed by atoms with Crippen LogP contribution in [0, 0.1) is 5.82 Å². The molecule has 0 unspecified atom stereocenters. The van der Waals surface area contributed by atoms with Gasteiger partial charge in [-0.2, -0.15) is 13.2 Å². The topological polar surface area (TPSA) is 117 Å². The highest BCUT2D eigenvalue weighted by molar-refractivity contribution is 8.00. The lowest BCUT2D eigenvalue weighted by Gasteiger charge is -2.46. The van der Waals surface area contributed by atoms with Gasteiger partial charge in [0.2, 0.25) is 0 Å². The lowest BCUT2D eigenvalue weighted by molar-refractivity contribution is -0.150. The quantitative estimate of drug-likeness (QED) is 0.0685. The Labute approximate surface area is 411 Å². The van der Waals surface area contributed by atoms with Crippen LogP contribution < -0.4 is 10.0 Å². The second-order valence-electron chi connectivity index (χ2n) is 17.3. The summed E-state index contributed by atoms with van der Waals surface area (Å²) in [6, 6.07) is 26.1. The molecular weight excluding hydrogens is 956 g/mol. The number of nitrogens with one attached hydrogen (secondary N) is 2. The smallest absolute Gasteiger partial charge is 0.382 e. The van der Waals surface area contributed by atoms with Gasteiger partial charge in [-0.15, -0.1) is 11.8 Å². The Morgan fingerprint density at radius 1 is 0.882 bits per heavy atom. The van der Waals surface area contributed by atoms with E-state index in [9.17, 15) is 31.1 Å². The largest absolute Gasteiger partial charge is 0.446 e. The molecule has 4 heterocycles. The number of piperidine rings is 1. The Kier molecular flexibility index (Phi) is 17.8. The SMILES string of the molecule is CCN1CCN(CC[C@H](C)Nc2ccc(S(=O)(=O)Nc3ncnc4c3CCN(C3(O)CCN(Cc5cc(F)ccc5-c5ccc(Cl)cc5)CC3)C4)cc2SC(F)(F)F)CC1.CSc1ccccc1. The van der Waals surface area contributed by atoms with Crippen LogP contribution in [0.25, 0.3) is 11.1 Å². The van der Waals surface area contributed by atoms with E-state index in [4.69, 9.17) is 11.6 Å². The number of hydrogen-bond donors (Lipinski definition) is 3. The highest BCUT2D eigenvalue weighted by Gasteiger charge is 2.40. The molecule has 0 bridgehead atoms. The highest BCUT2D eigenvalue weighted by Crippen LogP contribution is 2.42. The van der Waals surface area contributed by atoms with Crippen LogP contribution in [0.1, 0.15) is 49.9 Å². The summed E-state index contributed by atoms with van der Waals surface area (Å²) in [6.07, 6.45) is 5.22. The third kappa shape index (κ3) is 14.1. The van der Waals surface area contributed by atoms with E-state index in [1.54, 1.807) is 36.0 Å². The summed E-state index contributed by atoms with van der Waals surface area (Å²) in [4.78, 5) is 18.3. The molecule has 68 heavy (non-hydrogen) atoms. The van der Waals surface area contributed by atoms with Gasteiger partial charge in [0.1, 0.15) is 23.7 Å². The number of piperazine rings is 1. The fourth-order valence-electron chi connectivity index (χ4n) is 8.81. The Morgan fingerprint density at radius 2 is 1.59 bits per heavy atom. The van der Waals surface area contributed by atoms with Crippen molar-refractivity contribution in [2.75, 3.05) is 75.2 Å². The summed E-state index contributed by atoms with van der Waals surface area (Å²) in [7, 11) is -4.36. The molecule has 1 atom stereocenters. The van der Waals surface area contributed by atoms with Gasteiger partial charge < -0.3 is 20.2 Å². The van der Waals surface area contributed by atoms with Crippen LogP contribution in [0.3, 0.4) is 0 Å². The molecule has 0 amide bonds. The maximum absolute atomic E-state index is 14.4. The molecule has 2 saturated heterocycles. The van der Waals surface area contributed by atoms with Crippen molar-refractivity contribution in [1.82, 2.24) is 29.6 Å². The third-order valence-electron chi connectivity index (χ3n) is 12.8. The summed E-state index contributed by atoms with van der Waals surface area (Å²) in [5.41, 5.74) is -1.80. The van der Waals surface area contributed by atoms with Crippen molar-refractivity contribution in [3.05, 3.63) is 125 Å². The van der Waals surface area contributed by atoms with Gasteiger partial charge in [0.25, 0.3) is 10.0 Å². The van der Waals surface area contributed by atoms with E-state index in [-0.39, 0.29) is 51.5 Å². The number of benzene rings is 4. The van der Waals surface area contributed by atoms with Crippen LogP contribution >= 0.6 is 35.1 Å². The fourth-order valence-corrected chi connectivity index (χ4v) is 11.2. The van der Waals surface area contributed by atoms with Crippen molar-refractivity contribution in [2.45, 2.75) is 84.6 Å². The molecule has 19 heteroatoms. The highest BCUT2D eigenvalue weighted by atomic mass is 35.5. The number of sulfonamides is 1. The first-order valence-electron chi connectivity index (χ1n) is 22.8. The molecule has 5 aromatic rings. The number of aliphatic hydroxyl groups is 1. The van der Waals surface area contributed by atoms with E-state index in [0.29, 0.717) is 68.1 Å². The number of thioether (sulfide) groups is 2. The van der Waals surface area contributed by atoms with Gasteiger partial charge >= 0.3 is 5.51 Å². The first kappa shape index (κ1) is 51.9. The number of anilines is 2. The van der Waals surface area contributed by atoms with Gasteiger partial charge in [-0.05, 0) is 116 Å². The Hall–Kier alpha value is -3.98.